The lowest BCUT2D eigenvalue weighted by molar-refractivity contribution is -0.0632. The molecule has 184 valence electrons. The molecule has 0 aliphatic carbocycles. The molecule has 1 atom stereocenters. The summed E-state index contributed by atoms with van der Waals surface area (Å²) in [6.07, 6.45) is -0.638. The summed E-state index contributed by atoms with van der Waals surface area (Å²) in [5.74, 6) is 0.0770. The molecule has 5 heterocycles. The van der Waals surface area contributed by atoms with Crippen LogP contribution in [0.1, 0.15) is 29.3 Å². The number of alkyl halides is 3. The van der Waals surface area contributed by atoms with Gasteiger partial charge in [-0.05, 0) is 37.0 Å². The molecule has 2 N–H and O–H groups in total. The van der Waals surface area contributed by atoms with Crippen molar-refractivity contribution in [3.63, 3.8) is 0 Å². The second-order valence-electron chi connectivity index (χ2n) is 9.24. The summed E-state index contributed by atoms with van der Waals surface area (Å²) in [5.41, 5.74) is 3.41. The normalized spacial score (nSPS) is 17.8. The molecule has 5 rings (SSSR count). The highest BCUT2D eigenvalue weighted by atomic mass is 19.4. The average molecular weight is 486 g/mol. The van der Waals surface area contributed by atoms with Crippen molar-refractivity contribution in [3.8, 4) is 0 Å². The summed E-state index contributed by atoms with van der Waals surface area (Å²) in [7, 11) is 0. The van der Waals surface area contributed by atoms with E-state index in [1.165, 1.54) is 0 Å². The van der Waals surface area contributed by atoms with Gasteiger partial charge in [-0.25, -0.2) is 4.68 Å². The van der Waals surface area contributed by atoms with Crippen LogP contribution < -0.4 is 15.3 Å². The Morgan fingerprint density at radius 2 is 1.94 bits per heavy atom. The summed E-state index contributed by atoms with van der Waals surface area (Å²) >= 11 is 0. The Morgan fingerprint density at radius 1 is 1.17 bits per heavy atom. The number of halogens is 3. The molecule has 12 heteroatoms. The van der Waals surface area contributed by atoms with Gasteiger partial charge in [0.05, 0.1) is 18.1 Å². The van der Waals surface area contributed by atoms with E-state index in [1.54, 1.807) is 20.0 Å². The predicted octanol–water partition coefficient (Wildman–Crippen LogP) is 3.31. The summed E-state index contributed by atoms with van der Waals surface area (Å²) in [6, 6.07) is 4.06. The van der Waals surface area contributed by atoms with Crippen molar-refractivity contribution in [2.45, 2.75) is 46.5 Å². The lowest BCUT2D eigenvalue weighted by Crippen LogP contribution is -2.42. The molecule has 0 spiro atoms. The van der Waals surface area contributed by atoms with Gasteiger partial charge in [-0.2, -0.15) is 23.0 Å². The molecule has 0 bridgehead atoms. The fourth-order valence-electron chi connectivity index (χ4n) is 4.74. The zero-order valence-electron chi connectivity index (χ0n) is 19.7. The number of nitrogens with zero attached hydrogens (tertiary/aromatic N) is 7. The number of pyridine rings is 1. The second kappa shape index (κ2) is 8.21. The minimum Gasteiger partial charge on any atom is -0.350 e. The Bertz CT molecular complexity index is 1370. The molecule has 0 fully saturated rings. The molecule has 9 nitrogen and oxygen atoms in total. The van der Waals surface area contributed by atoms with Crippen LogP contribution in [0.5, 0.6) is 0 Å². The summed E-state index contributed by atoms with van der Waals surface area (Å²) in [5, 5.41) is 24.2. The van der Waals surface area contributed by atoms with Gasteiger partial charge in [0.25, 0.3) is 0 Å². The van der Waals surface area contributed by atoms with E-state index < -0.39 is 17.5 Å². The van der Waals surface area contributed by atoms with E-state index in [9.17, 15) is 13.2 Å². The van der Waals surface area contributed by atoms with Crippen molar-refractivity contribution in [2.24, 2.45) is 5.92 Å². The largest absolute Gasteiger partial charge is 0.451 e. The molecule has 2 aliphatic rings. The molecule has 35 heavy (non-hydrogen) atoms. The third-order valence-corrected chi connectivity index (χ3v) is 6.73. The highest BCUT2D eigenvalue weighted by Crippen LogP contribution is 2.33. The maximum atomic E-state index is 13.2. The Hall–Kier alpha value is -3.70. The van der Waals surface area contributed by atoms with Gasteiger partial charge in [0.1, 0.15) is 5.82 Å². The SMILES string of the molecule is Cc1c(N2CCc3ncc(N4CC(C)Cn5nccc54)cc3C2)nn(C(=N)C(F)(F)F)c(=N)c1C. The molecule has 3 aromatic rings. The number of nitrogens with one attached hydrogen (secondary N) is 2. The minimum atomic E-state index is -4.90. The monoisotopic (exact) mass is 485 g/mol. The lowest BCUT2D eigenvalue weighted by Gasteiger charge is -2.35. The first-order valence-corrected chi connectivity index (χ1v) is 11.4. The zero-order chi connectivity index (χ0) is 25.1. The molecule has 3 aromatic heterocycles. The van der Waals surface area contributed by atoms with E-state index in [1.807, 2.05) is 21.8 Å². The van der Waals surface area contributed by atoms with E-state index in [0.717, 1.165) is 35.9 Å². The summed E-state index contributed by atoms with van der Waals surface area (Å²) in [4.78, 5) is 8.79. The van der Waals surface area contributed by atoms with Gasteiger partial charge in [0.2, 0.25) is 5.84 Å². The van der Waals surface area contributed by atoms with Crippen LogP contribution in [-0.4, -0.2) is 49.6 Å². The Morgan fingerprint density at radius 3 is 2.69 bits per heavy atom. The molecule has 0 saturated carbocycles. The Balaban J connectivity index is 1.50. The third kappa shape index (κ3) is 3.96. The highest BCUT2D eigenvalue weighted by Gasteiger charge is 2.38. The Kier molecular flexibility index (Phi) is 5.41. The molecule has 0 radical (unpaired) electrons. The fraction of sp³-hybridized carbons (Fsp3) is 0.435. The standard InChI is InChI=1S/C23H26F3N9/c1-13-10-33(19-4-6-30-34(19)11-13)17-8-16-12-32(7-5-18(16)29-9-17)21-15(3)14(2)20(27)35(31-21)22(28)23(24,25)26/h4,6,8-9,13,27-28H,5,7,10-12H2,1-3H3. The van der Waals surface area contributed by atoms with Crippen LogP contribution in [0, 0.1) is 30.6 Å². The van der Waals surface area contributed by atoms with Crippen LogP contribution in [0.25, 0.3) is 0 Å². The number of fused-ring (bicyclic) bond motifs is 2. The highest BCUT2D eigenvalue weighted by molar-refractivity contribution is 5.86. The first kappa shape index (κ1) is 23.1. The van der Waals surface area contributed by atoms with Crippen molar-refractivity contribution in [2.75, 3.05) is 22.9 Å². The number of anilines is 3. The van der Waals surface area contributed by atoms with Gasteiger partial charge in [0, 0.05) is 49.9 Å². The van der Waals surface area contributed by atoms with E-state index in [0.29, 0.717) is 47.1 Å². The van der Waals surface area contributed by atoms with Crippen molar-refractivity contribution >= 4 is 23.2 Å². The van der Waals surface area contributed by atoms with Crippen LogP contribution >= 0.6 is 0 Å². The minimum absolute atomic E-state index is 0.341. The summed E-state index contributed by atoms with van der Waals surface area (Å²) < 4.78 is 42.1. The van der Waals surface area contributed by atoms with E-state index in [-0.39, 0.29) is 0 Å². The van der Waals surface area contributed by atoms with Gasteiger partial charge in [-0.15, -0.1) is 5.10 Å². The third-order valence-electron chi connectivity index (χ3n) is 6.73. The lowest BCUT2D eigenvalue weighted by atomic mass is 10.0. The maximum Gasteiger partial charge on any atom is 0.451 e. The second-order valence-corrected chi connectivity index (χ2v) is 9.24. The van der Waals surface area contributed by atoms with Crippen LogP contribution in [0.15, 0.2) is 24.5 Å². The van der Waals surface area contributed by atoms with Gasteiger partial charge >= 0.3 is 6.18 Å². The van der Waals surface area contributed by atoms with Crippen molar-refractivity contribution in [1.29, 1.82) is 10.8 Å². The first-order chi connectivity index (χ1) is 16.5. The first-order valence-electron chi connectivity index (χ1n) is 11.4. The zero-order valence-corrected chi connectivity index (χ0v) is 19.7. The maximum absolute atomic E-state index is 13.2. The molecule has 0 amide bonds. The summed E-state index contributed by atoms with van der Waals surface area (Å²) in [6.45, 7) is 8.14. The molecular formula is C23H26F3N9. The predicted molar refractivity (Wildman–Crippen MR) is 124 cm³/mol. The topological polar surface area (TPSA) is 103 Å². The van der Waals surface area contributed by atoms with Gasteiger partial charge in [-0.3, -0.25) is 15.8 Å². The van der Waals surface area contributed by atoms with E-state index >= 15 is 0 Å². The van der Waals surface area contributed by atoms with Gasteiger partial charge < -0.3 is 9.80 Å². The van der Waals surface area contributed by atoms with Crippen molar-refractivity contribution in [3.05, 3.63) is 52.4 Å². The molecule has 2 aliphatic heterocycles. The number of hydrogen-bond donors (Lipinski definition) is 2. The molecule has 0 aromatic carbocycles. The average Bonchev–Trinajstić information content (AvgIpc) is 3.29. The van der Waals surface area contributed by atoms with Crippen LogP contribution in [-0.2, 0) is 19.5 Å². The van der Waals surface area contributed by atoms with E-state index in [2.05, 4.69) is 28.1 Å². The number of hydrogen-bond acceptors (Lipinski definition) is 7. The van der Waals surface area contributed by atoms with Crippen LogP contribution in [0.4, 0.5) is 30.5 Å². The van der Waals surface area contributed by atoms with Gasteiger partial charge in [0.15, 0.2) is 11.3 Å². The molecule has 0 saturated heterocycles. The van der Waals surface area contributed by atoms with Crippen molar-refractivity contribution < 1.29 is 13.2 Å². The number of aromatic nitrogens is 5. The molecular weight excluding hydrogens is 459 g/mol. The quantitative estimate of drug-likeness (QED) is 0.428. The van der Waals surface area contributed by atoms with Gasteiger partial charge in [-0.1, -0.05) is 6.92 Å². The smallest absolute Gasteiger partial charge is 0.350 e. The van der Waals surface area contributed by atoms with Crippen molar-refractivity contribution in [1.82, 2.24) is 24.5 Å². The number of rotatable bonds is 2. The van der Waals surface area contributed by atoms with E-state index in [4.69, 9.17) is 15.8 Å². The molecule has 1 unspecified atom stereocenters. The van der Waals surface area contributed by atoms with Crippen LogP contribution in [0.2, 0.25) is 0 Å². The fourth-order valence-corrected chi connectivity index (χ4v) is 4.74. The van der Waals surface area contributed by atoms with Crippen LogP contribution in [0.3, 0.4) is 0 Å². The Labute approximate surface area is 199 Å².